The van der Waals surface area contributed by atoms with Crippen LogP contribution in [-0.4, -0.2) is 21.9 Å². The fraction of sp³-hybridized carbons (Fsp3) is 0.556. The molecule has 1 aromatic heterocycles. The Morgan fingerprint density at radius 2 is 2.47 bits per heavy atom. The number of aryl methyl sites for hydroxylation is 1. The third kappa shape index (κ3) is 2.05. The molecule has 0 bridgehead atoms. The van der Waals surface area contributed by atoms with Crippen molar-refractivity contribution in [1.82, 2.24) is 9.78 Å². The molecule has 15 heavy (non-hydrogen) atoms. The van der Waals surface area contributed by atoms with Crippen molar-refractivity contribution in [2.45, 2.75) is 32.0 Å². The maximum absolute atomic E-state index is 11.7. The smallest absolute Gasteiger partial charge is 0.283 e. The first-order valence-electron chi connectivity index (χ1n) is 4.91. The van der Waals surface area contributed by atoms with E-state index in [0.29, 0.717) is 11.0 Å². The number of hydrogen-bond acceptors (Lipinski definition) is 4. The molecule has 3 N–H and O–H groups in total. The van der Waals surface area contributed by atoms with Crippen molar-refractivity contribution in [3.63, 3.8) is 0 Å². The monoisotopic (exact) mass is 272 g/mol. The number of nitrogens with one attached hydrogen (secondary N) is 1. The normalized spacial score (nSPS) is 23.9. The molecule has 0 aliphatic heterocycles. The van der Waals surface area contributed by atoms with Gasteiger partial charge in [0.05, 0.1) is 11.9 Å². The van der Waals surface area contributed by atoms with Crippen molar-refractivity contribution in [1.29, 1.82) is 0 Å². The topological polar surface area (TPSA) is 72.9 Å². The van der Waals surface area contributed by atoms with E-state index in [4.69, 9.17) is 5.73 Å². The van der Waals surface area contributed by atoms with Crippen molar-refractivity contribution in [2.75, 3.05) is 5.32 Å². The standard InChI is InChI=1S/C9H13BrN4O/c1-2-14-9(15)8(10)7(4-12-14)13-6-3-5(6)11/h4-6,13H,2-3,11H2,1H3. The zero-order valence-electron chi connectivity index (χ0n) is 8.40. The van der Waals surface area contributed by atoms with Crippen LogP contribution >= 0.6 is 15.9 Å². The predicted molar refractivity (Wildman–Crippen MR) is 61.9 cm³/mol. The lowest BCUT2D eigenvalue weighted by molar-refractivity contribution is 0.612. The van der Waals surface area contributed by atoms with Gasteiger partial charge in [-0.15, -0.1) is 0 Å². The molecule has 2 unspecified atom stereocenters. The summed E-state index contributed by atoms with van der Waals surface area (Å²) in [4.78, 5) is 11.7. The van der Waals surface area contributed by atoms with Crippen LogP contribution in [0.4, 0.5) is 5.69 Å². The highest BCUT2D eigenvalue weighted by molar-refractivity contribution is 9.10. The van der Waals surface area contributed by atoms with Crippen LogP contribution in [0, 0.1) is 0 Å². The lowest BCUT2D eigenvalue weighted by Crippen LogP contribution is -2.24. The van der Waals surface area contributed by atoms with E-state index >= 15 is 0 Å². The van der Waals surface area contributed by atoms with Gasteiger partial charge in [0.2, 0.25) is 0 Å². The average molecular weight is 273 g/mol. The Kier molecular flexibility index (Phi) is 2.79. The van der Waals surface area contributed by atoms with Gasteiger partial charge in [-0.3, -0.25) is 4.79 Å². The summed E-state index contributed by atoms with van der Waals surface area (Å²) in [5.74, 6) is 0. The number of nitrogens with zero attached hydrogens (tertiary/aromatic N) is 2. The molecule has 1 fully saturated rings. The Morgan fingerprint density at radius 3 is 3.00 bits per heavy atom. The third-order valence-electron chi connectivity index (χ3n) is 2.47. The van der Waals surface area contributed by atoms with Gasteiger partial charge in [0.25, 0.3) is 5.56 Å². The molecule has 1 aliphatic rings. The number of rotatable bonds is 3. The SMILES string of the molecule is CCn1ncc(NC2CC2N)c(Br)c1=O. The summed E-state index contributed by atoms with van der Waals surface area (Å²) < 4.78 is 1.93. The fourth-order valence-corrected chi connectivity index (χ4v) is 1.79. The Morgan fingerprint density at radius 1 is 1.80 bits per heavy atom. The quantitative estimate of drug-likeness (QED) is 0.843. The zero-order valence-corrected chi connectivity index (χ0v) is 9.99. The van der Waals surface area contributed by atoms with Crippen molar-refractivity contribution in [3.05, 3.63) is 21.0 Å². The second-order valence-corrected chi connectivity index (χ2v) is 4.44. The van der Waals surface area contributed by atoms with Crippen molar-refractivity contribution in [3.8, 4) is 0 Å². The highest BCUT2D eigenvalue weighted by atomic mass is 79.9. The second-order valence-electron chi connectivity index (χ2n) is 3.64. The maximum atomic E-state index is 11.7. The summed E-state index contributed by atoms with van der Waals surface area (Å²) in [5, 5.41) is 7.21. The zero-order chi connectivity index (χ0) is 11.0. The summed E-state index contributed by atoms with van der Waals surface area (Å²) >= 11 is 3.27. The van der Waals surface area contributed by atoms with Crippen molar-refractivity contribution in [2.24, 2.45) is 5.73 Å². The molecule has 5 nitrogen and oxygen atoms in total. The summed E-state index contributed by atoms with van der Waals surface area (Å²) in [7, 11) is 0. The number of halogens is 1. The lowest BCUT2D eigenvalue weighted by Gasteiger charge is -2.08. The minimum absolute atomic E-state index is 0.114. The van der Waals surface area contributed by atoms with Gasteiger partial charge < -0.3 is 11.1 Å². The van der Waals surface area contributed by atoms with Gasteiger partial charge in [-0.1, -0.05) is 0 Å². The minimum Gasteiger partial charge on any atom is -0.378 e. The van der Waals surface area contributed by atoms with Crippen LogP contribution in [0.3, 0.4) is 0 Å². The number of aromatic nitrogens is 2. The van der Waals surface area contributed by atoms with E-state index in [-0.39, 0.29) is 17.6 Å². The van der Waals surface area contributed by atoms with E-state index in [0.717, 1.165) is 12.1 Å². The Balaban J connectivity index is 2.25. The van der Waals surface area contributed by atoms with Crippen molar-refractivity contribution < 1.29 is 0 Å². The predicted octanol–water partition coefficient (Wildman–Crippen LogP) is 0.537. The Labute approximate surface area is 95.8 Å². The molecule has 1 heterocycles. The molecule has 6 heteroatoms. The van der Waals surface area contributed by atoms with E-state index in [1.54, 1.807) is 6.20 Å². The van der Waals surface area contributed by atoms with Gasteiger partial charge in [-0.25, -0.2) is 4.68 Å². The minimum atomic E-state index is -0.114. The number of nitrogens with two attached hydrogens (primary N) is 1. The van der Waals surface area contributed by atoms with E-state index in [1.807, 2.05) is 6.92 Å². The van der Waals surface area contributed by atoms with Gasteiger partial charge >= 0.3 is 0 Å². The van der Waals surface area contributed by atoms with Crippen LogP contribution < -0.4 is 16.6 Å². The largest absolute Gasteiger partial charge is 0.378 e. The second kappa shape index (κ2) is 3.94. The molecule has 0 spiro atoms. The number of hydrogen-bond donors (Lipinski definition) is 2. The van der Waals surface area contributed by atoms with Gasteiger partial charge in [-0.05, 0) is 29.3 Å². The molecular weight excluding hydrogens is 260 g/mol. The molecule has 1 aromatic rings. The molecule has 1 saturated carbocycles. The van der Waals surface area contributed by atoms with Crippen LogP contribution in [0.1, 0.15) is 13.3 Å². The van der Waals surface area contributed by atoms with Crippen LogP contribution in [0.15, 0.2) is 15.5 Å². The molecule has 0 amide bonds. The van der Waals surface area contributed by atoms with Crippen LogP contribution in [-0.2, 0) is 6.54 Å². The maximum Gasteiger partial charge on any atom is 0.283 e. The number of anilines is 1. The first-order chi connectivity index (χ1) is 7.13. The molecule has 82 valence electrons. The molecular formula is C9H13BrN4O. The molecule has 1 aliphatic carbocycles. The summed E-state index contributed by atoms with van der Waals surface area (Å²) in [6, 6.07) is 0.477. The van der Waals surface area contributed by atoms with E-state index in [2.05, 4.69) is 26.3 Å². The van der Waals surface area contributed by atoms with Crippen LogP contribution in [0.5, 0.6) is 0 Å². The molecule has 0 saturated heterocycles. The highest BCUT2D eigenvalue weighted by Crippen LogP contribution is 2.26. The van der Waals surface area contributed by atoms with Gasteiger partial charge in [0, 0.05) is 18.6 Å². The van der Waals surface area contributed by atoms with Gasteiger partial charge in [-0.2, -0.15) is 5.10 Å². The molecule has 2 atom stereocenters. The van der Waals surface area contributed by atoms with E-state index in [9.17, 15) is 4.79 Å². The van der Waals surface area contributed by atoms with E-state index < -0.39 is 0 Å². The lowest BCUT2D eigenvalue weighted by atomic mass is 10.4. The van der Waals surface area contributed by atoms with Crippen LogP contribution in [0.2, 0.25) is 0 Å². The van der Waals surface area contributed by atoms with Gasteiger partial charge in [0.1, 0.15) is 4.47 Å². The Bertz CT molecular complexity index is 431. The van der Waals surface area contributed by atoms with Crippen LogP contribution in [0.25, 0.3) is 0 Å². The fourth-order valence-electron chi connectivity index (χ4n) is 1.37. The summed E-state index contributed by atoms with van der Waals surface area (Å²) in [5.41, 5.74) is 6.29. The Hall–Kier alpha value is -0.880. The summed E-state index contributed by atoms with van der Waals surface area (Å²) in [6.45, 7) is 2.45. The van der Waals surface area contributed by atoms with E-state index in [1.165, 1.54) is 4.68 Å². The van der Waals surface area contributed by atoms with Crippen molar-refractivity contribution >= 4 is 21.6 Å². The first-order valence-corrected chi connectivity index (χ1v) is 5.70. The average Bonchev–Trinajstić information content (AvgIpc) is 2.90. The highest BCUT2D eigenvalue weighted by Gasteiger charge is 2.33. The molecule has 0 radical (unpaired) electrons. The molecule has 0 aromatic carbocycles. The molecule has 2 rings (SSSR count). The van der Waals surface area contributed by atoms with Gasteiger partial charge in [0.15, 0.2) is 0 Å². The summed E-state index contributed by atoms with van der Waals surface area (Å²) in [6.07, 6.45) is 2.60. The third-order valence-corrected chi connectivity index (χ3v) is 3.23. The first kappa shape index (κ1) is 10.6.